The zero-order valence-corrected chi connectivity index (χ0v) is 61.9. The molecule has 4 aliphatic rings. The van der Waals surface area contributed by atoms with Crippen LogP contribution in [0.1, 0.15) is 5.56 Å². The molecular formula is C103H71B2N5S. The maximum Gasteiger partial charge on any atom is 0.252 e. The van der Waals surface area contributed by atoms with E-state index in [-0.39, 0.29) is 13.4 Å². The van der Waals surface area contributed by atoms with Crippen molar-refractivity contribution in [3.63, 3.8) is 0 Å². The summed E-state index contributed by atoms with van der Waals surface area (Å²) >= 11 is 1.91. The summed E-state index contributed by atoms with van der Waals surface area (Å²) in [6, 6.07) is 153. The molecule has 0 fully saturated rings. The lowest BCUT2D eigenvalue weighted by molar-refractivity contribution is 1.21. The Morgan fingerprint density at radius 3 is 1.09 bits per heavy atom. The lowest BCUT2D eigenvalue weighted by atomic mass is 9.31. The van der Waals surface area contributed by atoms with Crippen LogP contribution in [0.5, 0.6) is 0 Å². The third-order valence-corrected chi connectivity index (χ3v) is 23.9. The molecule has 0 N–H and O–H groups in total. The highest BCUT2D eigenvalue weighted by molar-refractivity contribution is 8.00. The Morgan fingerprint density at radius 1 is 0.225 bits per heavy atom. The van der Waals surface area contributed by atoms with Gasteiger partial charge in [-0.3, -0.25) is 0 Å². The minimum atomic E-state index is -0.206. The summed E-state index contributed by atoms with van der Waals surface area (Å²) < 4.78 is 0. The average Bonchev–Trinajstić information content (AvgIpc) is 0.687. The zero-order chi connectivity index (χ0) is 73.5. The molecule has 0 unspecified atom stereocenters. The van der Waals surface area contributed by atoms with E-state index in [4.69, 9.17) is 0 Å². The molecule has 17 aromatic carbocycles. The van der Waals surface area contributed by atoms with Crippen LogP contribution in [0.25, 0.3) is 55.6 Å². The molecule has 17 aromatic rings. The fourth-order valence-electron chi connectivity index (χ4n) is 17.8. The van der Waals surface area contributed by atoms with Crippen LogP contribution < -0.4 is 57.3 Å². The van der Waals surface area contributed by atoms with Crippen molar-refractivity contribution in [1.82, 2.24) is 0 Å². The molecule has 0 spiro atoms. The predicted molar refractivity (Wildman–Crippen MR) is 472 cm³/mol. The van der Waals surface area contributed by atoms with Crippen molar-refractivity contribution in [2.24, 2.45) is 0 Å². The number of hydrogen-bond acceptors (Lipinski definition) is 6. The average molecular weight is 1430 g/mol. The SMILES string of the molecule is Cc1cccc(-c2ccccc2)c1N1c2cc3c(cc2B2c4ccccc4N(c4ccccc4)c4cc(N(c5ccc(-c6ccccc6)cc5)c5cccc(-c6ccccc6)c5)cc1c42)B1c2ccccc2N(c2ccccc2)c2cc(N(c4ccc(-c5ccccc5)cc4)c4cccc(-c5ccccc5)c4)cc(c21)S3. The fourth-order valence-corrected chi connectivity index (χ4v) is 19.0. The summed E-state index contributed by atoms with van der Waals surface area (Å²) in [5, 5.41) is 0. The quantitative estimate of drug-likeness (QED) is 0.100. The Bertz CT molecular complexity index is 6390. The molecule has 111 heavy (non-hydrogen) atoms. The van der Waals surface area contributed by atoms with Crippen molar-refractivity contribution in [3.05, 3.63) is 418 Å². The highest BCUT2D eigenvalue weighted by Crippen LogP contribution is 2.54. The van der Waals surface area contributed by atoms with Gasteiger partial charge in [-0.25, -0.2) is 0 Å². The molecule has 4 heterocycles. The molecule has 520 valence electrons. The second-order valence-electron chi connectivity index (χ2n) is 29.2. The van der Waals surface area contributed by atoms with Gasteiger partial charge >= 0.3 is 0 Å². The summed E-state index contributed by atoms with van der Waals surface area (Å²) in [5.74, 6) is 0. The second kappa shape index (κ2) is 27.5. The number of para-hydroxylation sites is 5. The first-order valence-corrected chi connectivity index (χ1v) is 39.1. The number of hydrogen-bond donors (Lipinski definition) is 0. The van der Waals surface area contributed by atoms with E-state index in [9.17, 15) is 0 Å². The molecule has 0 atom stereocenters. The minimum Gasteiger partial charge on any atom is -0.311 e. The first-order valence-electron chi connectivity index (χ1n) is 38.3. The topological polar surface area (TPSA) is 16.2 Å². The normalized spacial score (nSPS) is 12.6. The van der Waals surface area contributed by atoms with Crippen LogP contribution in [-0.4, -0.2) is 13.4 Å². The molecule has 21 rings (SSSR count). The van der Waals surface area contributed by atoms with E-state index in [1.807, 2.05) is 11.8 Å². The van der Waals surface area contributed by atoms with Crippen molar-refractivity contribution in [3.8, 4) is 55.6 Å². The molecule has 0 saturated heterocycles. The van der Waals surface area contributed by atoms with Gasteiger partial charge in [0.2, 0.25) is 6.71 Å². The highest BCUT2D eigenvalue weighted by Gasteiger charge is 2.48. The lowest BCUT2D eigenvalue weighted by Gasteiger charge is -2.46. The van der Waals surface area contributed by atoms with Crippen LogP contribution in [0.3, 0.4) is 0 Å². The van der Waals surface area contributed by atoms with E-state index < -0.39 is 0 Å². The number of nitrogens with zero attached hydrogens (tertiary/aromatic N) is 5. The Hall–Kier alpha value is -13.8. The third-order valence-electron chi connectivity index (χ3n) is 22.7. The van der Waals surface area contributed by atoms with E-state index in [0.717, 1.165) is 119 Å². The lowest BCUT2D eigenvalue weighted by Crippen LogP contribution is -2.64. The Balaban J connectivity index is 0.837. The minimum absolute atomic E-state index is 0.148. The Morgan fingerprint density at radius 2 is 0.604 bits per heavy atom. The summed E-state index contributed by atoms with van der Waals surface area (Å²) in [5.41, 5.74) is 36.9. The van der Waals surface area contributed by atoms with Gasteiger partial charge in [0.1, 0.15) is 0 Å². The van der Waals surface area contributed by atoms with E-state index in [1.165, 1.54) is 70.4 Å². The van der Waals surface area contributed by atoms with Gasteiger partial charge in [0.15, 0.2) is 0 Å². The van der Waals surface area contributed by atoms with E-state index in [0.29, 0.717) is 0 Å². The van der Waals surface area contributed by atoms with Crippen molar-refractivity contribution in [2.75, 3.05) is 24.5 Å². The molecule has 8 heteroatoms. The molecule has 4 aliphatic heterocycles. The molecule has 0 bridgehead atoms. The maximum atomic E-state index is 2.69. The maximum absolute atomic E-state index is 2.69. The van der Waals surface area contributed by atoms with Gasteiger partial charge in [0, 0.05) is 89.3 Å². The van der Waals surface area contributed by atoms with Crippen LogP contribution in [0.15, 0.2) is 422 Å². The van der Waals surface area contributed by atoms with E-state index in [2.05, 4.69) is 444 Å². The monoisotopic (exact) mass is 1430 g/mol. The summed E-state index contributed by atoms with van der Waals surface area (Å²) in [4.78, 5) is 15.2. The van der Waals surface area contributed by atoms with Gasteiger partial charge in [0.05, 0.1) is 11.4 Å². The van der Waals surface area contributed by atoms with Crippen molar-refractivity contribution in [1.29, 1.82) is 0 Å². The van der Waals surface area contributed by atoms with Gasteiger partial charge in [-0.2, -0.15) is 0 Å². The first-order chi connectivity index (χ1) is 55.0. The second-order valence-corrected chi connectivity index (χ2v) is 30.2. The molecule has 0 amide bonds. The molecule has 0 aliphatic carbocycles. The van der Waals surface area contributed by atoms with Crippen LogP contribution in [0.2, 0.25) is 0 Å². The third kappa shape index (κ3) is 11.4. The van der Waals surface area contributed by atoms with Crippen molar-refractivity contribution in [2.45, 2.75) is 16.7 Å². The zero-order valence-electron chi connectivity index (χ0n) is 61.1. The number of rotatable bonds is 14. The number of anilines is 15. The van der Waals surface area contributed by atoms with Crippen LogP contribution in [-0.2, 0) is 0 Å². The molecule has 0 aromatic heterocycles. The number of fused-ring (bicyclic) bond motifs is 8. The van der Waals surface area contributed by atoms with Gasteiger partial charge in [-0.15, -0.1) is 0 Å². The Labute approximate surface area is 653 Å². The van der Waals surface area contributed by atoms with E-state index >= 15 is 0 Å². The van der Waals surface area contributed by atoms with Crippen molar-refractivity contribution < 1.29 is 0 Å². The standard InChI is InChI=1S/C103H71B2N5S/c1-70-30-27-49-88(77-39-17-6-18-40-77)103(70)110-95-69-99-92(105-90-51-24-26-53-94(90)109(81-45-21-8-22-46-81)98-66-87(67-100(111-99)102(98)105)107(83-60-56-76(57-61-83)72-33-11-3-12-34-72)85-48-29-42-79(63-85)74-37-15-5-16-38-74)68-91(95)104-89-50-23-25-52-93(89)108(80-43-19-7-20-44-80)96-64-86(65-97(110)101(96)104)106(82-58-54-75(55-59-82)71-31-9-2-10-32-71)84-47-28-41-78(62-84)73-35-13-4-14-36-73/h2-69H,1H3. The van der Waals surface area contributed by atoms with Gasteiger partial charge in [-0.05, 0) is 205 Å². The fraction of sp³-hybridized carbons (Fsp3) is 0.00971. The molecule has 0 saturated carbocycles. The smallest absolute Gasteiger partial charge is 0.252 e. The largest absolute Gasteiger partial charge is 0.311 e. The summed E-state index contributed by atoms with van der Waals surface area (Å²) in [6.07, 6.45) is 0. The number of benzene rings is 17. The molecule has 5 nitrogen and oxygen atoms in total. The van der Waals surface area contributed by atoms with Crippen LogP contribution in [0, 0.1) is 6.92 Å². The van der Waals surface area contributed by atoms with Gasteiger partial charge in [0.25, 0.3) is 6.71 Å². The van der Waals surface area contributed by atoms with Gasteiger partial charge < -0.3 is 24.5 Å². The first kappa shape index (κ1) is 65.5. The number of aryl methyl sites for hydroxylation is 1. The van der Waals surface area contributed by atoms with Crippen LogP contribution in [0.4, 0.5) is 85.3 Å². The summed E-state index contributed by atoms with van der Waals surface area (Å²) in [6.45, 7) is 1.96. The summed E-state index contributed by atoms with van der Waals surface area (Å²) in [7, 11) is 0. The van der Waals surface area contributed by atoms with Gasteiger partial charge in [-0.1, -0.05) is 314 Å². The Kier molecular flexibility index (Phi) is 16.2. The van der Waals surface area contributed by atoms with Crippen LogP contribution >= 0.6 is 11.8 Å². The highest BCUT2D eigenvalue weighted by atomic mass is 32.2. The predicted octanol–water partition coefficient (Wildman–Crippen LogP) is 24.1. The van der Waals surface area contributed by atoms with E-state index in [1.54, 1.807) is 0 Å². The molecular weight excluding hydrogens is 1360 g/mol. The molecule has 0 radical (unpaired) electrons. The van der Waals surface area contributed by atoms with Crippen molar-refractivity contribution >= 4 is 143 Å².